The van der Waals surface area contributed by atoms with Crippen molar-refractivity contribution < 1.29 is 14.2 Å². The smallest absolute Gasteiger partial charge is 0.108 e. The van der Waals surface area contributed by atoms with Crippen LogP contribution in [0.2, 0.25) is 0 Å². The van der Waals surface area contributed by atoms with Crippen molar-refractivity contribution in [3.63, 3.8) is 0 Å². The first kappa shape index (κ1) is 16.1. The number of aromatic nitrogens is 3. The molecule has 0 spiro atoms. The fourth-order valence-electron chi connectivity index (χ4n) is 1.40. The van der Waals surface area contributed by atoms with Crippen LogP contribution in [0.3, 0.4) is 0 Å². The van der Waals surface area contributed by atoms with E-state index in [0.29, 0.717) is 39.0 Å². The van der Waals surface area contributed by atoms with Gasteiger partial charge in [0.25, 0.3) is 0 Å². The summed E-state index contributed by atoms with van der Waals surface area (Å²) in [5.41, 5.74) is 0.833. The molecule has 0 aromatic carbocycles. The lowest BCUT2D eigenvalue weighted by atomic mass is 10.1. The topological polar surface area (TPSA) is 58.4 Å². The molecule has 0 saturated carbocycles. The normalized spacial score (nSPS) is 11.4. The summed E-state index contributed by atoms with van der Waals surface area (Å²) in [6.07, 6.45) is 2.94. The third-order valence-electron chi connectivity index (χ3n) is 2.48. The predicted molar refractivity (Wildman–Crippen MR) is 71.8 cm³/mol. The van der Waals surface area contributed by atoms with Crippen LogP contribution in [0, 0.1) is 5.92 Å². The molecule has 1 aromatic rings. The van der Waals surface area contributed by atoms with Crippen molar-refractivity contribution >= 4 is 0 Å². The Morgan fingerprint density at radius 3 is 2.26 bits per heavy atom. The Hall–Kier alpha value is -0.980. The summed E-state index contributed by atoms with van der Waals surface area (Å²) in [6.45, 7) is 8.06. The van der Waals surface area contributed by atoms with Gasteiger partial charge < -0.3 is 14.2 Å². The molecule has 1 rings (SSSR count). The maximum Gasteiger partial charge on any atom is 0.108 e. The van der Waals surface area contributed by atoms with E-state index in [0.717, 1.165) is 18.7 Å². The van der Waals surface area contributed by atoms with Gasteiger partial charge in [0.05, 0.1) is 39.2 Å². The molecule has 0 aliphatic carbocycles. The largest absolute Gasteiger partial charge is 0.379 e. The van der Waals surface area contributed by atoms with Crippen LogP contribution in [-0.2, 0) is 27.9 Å². The molecule has 1 aromatic heterocycles. The molecule has 1 heterocycles. The van der Waals surface area contributed by atoms with Gasteiger partial charge in [-0.15, -0.1) is 5.10 Å². The van der Waals surface area contributed by atoms with Crippen LogP contribution < -0.4 is 0 Å². The lowest BCUT2D eigenvalue weighted by Gasteiger charge is -2.07. The number of nitrogens with zero attached hydrogens (tertiary/aromatic N) is 3. The van der Waals surface area contributed by atoms with Gasteiger partial charge in [-0.05, 0) is 12.3 Å². The van der Waals surface area contributed by atoms with Gasteiger partial charge in [-0.2, -0.15) is 0 Å². The third-order valence-corrected chi connectivity index (χ3v) is 2.48. The minimum Gasteiger partial charge on any atom is -0.379 e. The third kappa shape index (κ3) is 8.69. The molecule has 110 valence electrons. The zero-order valence-electron chi connectivity index (χ0n) is 12.2. The molecule has 0 aliphatic heterocycles. The highest BCUT2D eigenvalue weighted by Gasteiger charge is 1.98. The average Bonchev–Trinajstić information content (AvgIpc) is 2.77. The lowest BCUT2D eigenvalue weighted by molar-refractivity contribution is 0.00852. The second-order valence-electron chi connectivity index (χ2n) is 4.84. The second kappa shape index (κ2) is 9.89. The zero-order valence-corrected chi connectivity index (χ0v) is 12.2. The van der Waals surface area contributed by atoms with E-state index in [1.54, 1.807) is 4.68 Å². The Kier molecular flexibility index (Phi) is 8.36. The summed E-state index contributed by atoms with van der Waals surface area (Å²) < 4.78 is 17.9. The number of hydrogen-bond acceptors (Lipinski definition) is 5. The van der Waals surface area contributed by atoms with Gasteiger partial charge in [-0.25, -0.2) is 0 Å². The van der Waals surface area contributed by atoms with E-state index in [1.165, 1.54) is 0 Å². The number of rotatable bonds is 11. The van der Waals surface area contributed by atoms with Crippen molar-refractivity contribution in [2.75, 3.05) is 33.0 Å². The van der Waals surface area contributed by atoms with E-state index < -0.39 is 0 Å². The molecule has 6 heteroatoms. The summed E-state index contributed by atoms with van der Waals surface area (Å²) in [6, 6.07) is 0. The van der Waals surface area contributed by atoms with Crippen molar-refractivity contribution in [1.82, 2.24) is 15.0 Å². The number of hydrogen-bond donors (Lipinski definition) is 0. The molecule has 0 fully saturated rings. The van der Waals surface area contributed by atoms with Crippen LogP contribution in [0.15, 0.2) is 6.20 Å². The molecule has 0 aliphatic rings. The predicted octanol–water partition coefficient (Wildman–Crippen LogP) is 1.41. The highest BCUT2D eigenvalue weighted by Crippen LogP contribution is 1.98. The fourth-order valence-corrected chi connectivity index (χ4v) is 1.40. The van der Waals surface area contributed by atoms with Crippen LogP contribution in [0.5, 0.6) is 0 Å². The Labute approximate surface area is 115 Å². The minimum absolute atomic E-state index is 0.474. The molecule has 0 saturated heterocycles. The Morgan fingerprint density at radius 2 is 1.68 bits per heavy atom. The second-order valence-corrected chi connectivity index (χ2v) is 4.84. The maximum atomic E-state index is 5.44. The molecule has 0 amide bonds. The number of ether oxygens (including phenoxy) is 3. The molecular weight excluding hydrogens is 246 g/mol. The first-order valence-corrected chi connectivity index (χ1v) is 6.77. The molecule has 0 bridgehead atoms. The van der Waals surface area contributed by atoms with E-state index in [1.807, 2.05) is 13.2 Å². The number of aryl methyl sites for hydroxylation is 1. The monoisotopic (exact) mass is 271 g/mol. The van der Waals surface area contributed by atoms with Crippen LogP contribution in [0.1, 0.15) is 26.0 Å². The zero-order chi connectivity index (χ0) is 13.9. The first-order chi connectivity index (χ1) is 9.18. The van der Waals surface area contributed by atoms with Crippen molar-refractivity contribution in [1.29, 1.82) is 0 Å². The molecule has 0 atom stereocenters. The molecule has 6 nitrogen and oxygen atoms in total. The summed E-state index contributed by atoms with van der Waals surface area (Å²) >= 11 is 0. The van der Waals surface area contributed by atoms with Gasteiger partial charge >= 0.3 is 0 Å². The van der Waals surface area contributed by atoms with Crippen molar-refractivity contribution in [3.05, 3.63) is 11.9 Å². The van der Waals surface area contributed by atoms with Crippen LogP contribution in [0.25, 0.3) is 0 Å². The highest BCUT2D eigenvalue weighted by molar-refractivity contribution is 4.88. The molecule has 19 heavy (non-hydrogen) atoms. The summed E-state index contributed by atoms with van der Waals surface area (Å²) in [7, 11) is 1.83. The SMILES string of the molecule is CC(C)CCOCCOCCOCc1cn(C)nn1. The van der Waals surface area contributed by atoms with E-state index >= 15 is 0 Å². The summed E-state index contributed by atoms with van der Waals surface area (Å²) in [4.78, 5) is 0. The maximum absolute atomic E-state index is 5.44. The summed E-state index contributed by atoms with van der Waals surface area (Å²) in [5.74, 6) is 0.690. The quantitative estimate of drug-likeness (QED) is 0.570. The van der Waals surface area contributed by atoms with Gasteiger partial charge in [0.15, 0.2) is 0 Å². The molecule has 0 N–H and O–H groups in total. The van der Waals surface area contributed by atoms with Crippen LogP contribution in [0.4, 0.5) is 0 Å². The van der Waals surface area contributed by atoms with Gasteiger partial charge in [0.2, 0.25) is 0 Å². The van der Waals surface area contributed by atoms with Crippen LogP contribution >= 0.6 is 0 Å². The molecule has 0 unspecified atom stereocenters. The lowest BCUT2D eigenvalue weighted by Crippen LogP contribution is -2.10. The first-order valence-electron chi connectivity index (χ1n) is 6.77. The van der Waals surface area contributed by atoms with E-state index in [2.05, 4.69) is 24.2 Å². The Bertz CT molecular complexity index is 329. The molecule has 0 radical (unpaired) electrons. The Morgan fingerprint density at radius 1 is 1.05 bits per heavy atom. The standard InChI is InChI=1S/C13H25N3O3/c1-12(2)4-5-17-6-7-18-8-9-19-11-13-10-16(3)15-14-13/h10,12H,4-9,11H2,1-3H3. The summed E-state index contributed by atoms with van der Waals surface area (Å²) in [5, 5.41) is 7.75. The van der Waals surface area contributed by atoms with Crippen molar-refractivity contribution in [3.8, 4) is 0 Å². The Balaban J connectivity index is 1.81. The van der Waals surface area contributed by atoms with Gasteiger partial charge in [0.1, 0.15) is 5.69 Å². The van der Waals surface area contributed by atoms with E-state index in [-0.39, 0.29) is 0 Å². The van der Waals surface area contributed by atoms with Gasteiger partial charge in [0, 0.05) is 13.7 Å². The molecular formula is C13H25N3O3. The highest BCUT2D eigenvalue weighted by atomic mass is 16.5. The average molecular weight is 271 g/mol. The van der Waals surface area contributed by atoms with Gasteiger partial charge in [-0.1, -0.05) is 19.1 Å². The van der Waals surface area contributed by atoms with Crippen molar-refractivity contribution in [2.24, 2.45) is 13.0 Å². The van der Waals surface area contributed by atoms with E-state index in [4.69, 9.17) is 14.2 Å². The van der Waals surface area contributed by atoms with E-state index in [9.17, 15) is 0 Å². The van der Waals surface area contributed by atoms with Gasteiger partial charge in [-0.3, -0.25) is 4.68 Å². The van der Waals surface area contributed by atoms with Crippen LogP contribution in [-0.4, -0.2) is 48.0 Å². The minimum atomic E-state index is 0.474. The van der Waals surface area contributed by atoms with Crippen molar-refractivity contribution in [2.45, 2.75) is 26.9 Å². The fraction of sp³-hybridized carbons (Fsp3) is 0.846.